The SMILES string of the molecule is COc1ccc(CNc2nccn3c(N4CCC(CO)CC4)nc(-c4ccc(CNC(=O)c5cc(F)ccc5OC)cc4)c23)c(OC)c1. The predicted molar refractivity (Wildman–Crippen MR) is 181 cm³/mol. The molecule has 2 aromatic heterocycles. The van der Waals surface area contributed by atoms with Crippen LogP contribution in [0, 0.1) is 11.7 Å². The summed E-state index contributed by atoms with van der Waals surface area (Å²) in [6.45, 7) is 2.46. The first-order valence-corrected chi connectivity index (χ1v) is 15.8. The van der Waals surface area contributed by atoms with Crippen LogP contribution in [0.3, 0.4) is 0 Å². The van der Waals surface area contributed by atoms with Crippen molar-refractivity contribution in [2.24, 2.45) is 5.92 Å². The lowest BCUT2D eigenvalue weighted by atomic mass is 9.98. The zero-order valence-electron chi connectivity index (χ0n) is 27.2. The molecule has 250 valence electrons. The van der Waals surface area contributed by atoms with E-state index in [1.54, 1.807) is 20.4 Å². The van der Waals surface area contributed by atoms with E-state index < -0.39 is 11.7 Å². The van der Waals surface area contributed by atoms with E-state index in [1.807, 2.05) is 48.7 Å². The Morgan fingerprint density at radius 3 is 2.44 bits per heavy atom. The number of rotatable bonds is 12. The number of carbonyl (C=O) groups is 1. The molecule has 0 saturated carbocycles. The summed E-state index contributed by atoms with van der Waals surface area (Å²) in [5.41, 5.74) is 4.39. The minimum Gasteiger partial charge on any atom is -0.497 e. The maximum atomic E-state index is 13.8. The molecule has 3 aromatic carbocycles. The molecule has 12 heteroatoms. The van der Waals surface area contributed by atoms with Gasteiger partial charge in [-0.15, -0.1) is 0 Å². The van der Waals surface area contributed by atoms with Gasteiger partial charge in [-0.25, -0.2) is 14.4 Å². The molecule has 1 amide bonds. The topological polar surface area (TPSA) is 122 Å². The van der Waals surface area contributed by atoms with Crippen molar-refractivity contribution in [2.45, 2.75) is 25.9 Å². The number of imidazole rings is 1. The van der Waals surface area contributed by atoms with Gasteiger partial charge in [-0.2, -0.15) is 0 Å². The van der Waals surface area contributed by atoms with Gasteiger partial charge in [0, 0.05) is 62.4 Å². The number of ether oxygens (including phenoxy) is 3. The van der Waals surface area contributed by atoms with Gasteiger partial charge in [-0.3, -0.25) is 9.20 Å². The third-order valence-corrected chi connectivity index (χ3v) is 8.72. The van der Waals surface area contributed by atoms with Gasteiger partial charge in [0.15, 0.2) is 5.82 Å². The van der Waals surface area contributed by atoms with Crippen molar-refractivity contribution >= 4 is 23.2 Å². The molecule has 48 heavy (non-hydrogen) atoms. The molecular weight excluding hydrogens is 615 g/mol. The van der Waals surface area contributed by atoms with Crippen LogP contribution < -0.4 is 29.7 Å². The first kappa shape index (κ1) is 32.6. The summed E-state index contributed by atoms with van der Waals surface area (Å²) >= 11 is 0. The fourth-order valence-electron chi connectivity index (χ4n) is 5.99. The molecule has 1 fully saturated rings. The Kier molecular flexibility index (Phi) is 9.91. The number of nitrogens with one attached hydrogen (secondary N) is 2. The molecule has 1 saturated heterocycles. The number of anilines is 2. The summed E-state index contributed by atoms with van der Waals surface area (Å²) in [5.74, 6) is 2.53. The second kappa shape index (κ2) is 14.6. The molecule has 0 radical (unpaired) electrons. The van der Waals surface area contributed by atoms with Crippen molar-refractivity contribution in [2.75, 3.05) is 51.2 Å². The highest BCUT2D eigenvalue weighted by atomic mass is 19.1. The third kappa shape index (κ3) is 6.84. The van der Waals surface area contributed by atoms with Gasteiger partial charge in [-0.1, -0.05) is 24.3 Å². The van der Waals surface area contributed by atoms with Crippen LogP contribution in [0.2, 0.25) is 0 Å². The number of hydrogen-bond donors (Lipinski definition) is 3. The quantitative estimate of drug-likeness (QED) is 0.164. The number of nitrogens with zero attached hydrogens (tertiary/aromatic N) is 4. The van der Waals surface area contributed by atoms with Crippen molar-refractivity contribution in [3.63, 3.8) is 0 Å². The van der Waals surface area contributed by atoms with Gasteiger partial charge in [0.25, 0.3) is 5.91 Å². The summed E-state index contributed by atoms with van der Waals surface area (Å²) in [7, 11) is 4.69. The molecule has 1 aliphatic rings. The second-order valence-corrected chi connectivity index (χ2v) is 11.6. The molecule has 0 atom stereocenters. The summed E-state index contributed by atoms with van der Waals surface area (Å²) in [6.07, 6.45) is 5.45. The maximum absolute atomic E-state index is 13.8. The molecule has 0 spiro atoms. The van der Waals surface area contributed by atoms with Crippen molar-refractivity contribution in [3.05, 3.63) is 95.6 Å². The number of fused-ring (bicyclic) bond motifs is 1. The van der Waals surface area contributed by atoms with Gasteiger partial charge >= 0.3 is 0 Å². The highest BCUT2D eigenvalue weighted by molar-refractivity contribution is 5.97. The standard InChI is InChI=1S/C36H39FN6O5/c1-46-28-10-8-26(31(19-28)48-3)21-39-34-33-32(41-36(43(33)17-14-38-34)42-15-12-24(22-44)13-16-42)25-6-4-23(5-7-25)20-40-35(45)29-18-27(37)9-11-30(29)47-2/h4-11,14,17-19,24,44H,12-13,15-16,20-22H2,1-3H3,(H,38,39)(H,40,45). The molecule has 0 bridgehead atoms. The Balaban J connectivity index is 1.29. The lowest BCUT2D eigenvalue weighted by Gasteiger charge is -2.31. The molecule has 0 aliphatic carbocycles. The molecular formula is C36H39FN6O5. The number of aliphatic hydroxyl groups excluding tert-OH is 1. The number of amides is 1. The van der Waals surface area contributed by atoms with Gasteiger partial charge in [-0.05, 0) is 54.7 Å². The lowest BCUT2D eigenvalue weighted by Crippen LogP contribution is -2.35. The number of carbonyl (C=O) groups excluding carboxylic acids is 1. The molecule has 6 rings (SSSR count). The van der Waals surface area contributed by atoms with Crippen LogP contribution in [0.1, 0.15) is 34.3 Å². The van der Waals surface area contributed by atoms with E-state index in [0.717, 1.165) is 65.8 Å². The zero-order chi connectivity index (χ0) is 33.6. The number of aromatic nitrogens is 3. The molecule has 3 N–H and O–H groups in total. The number of halogens is 1. The fourth-order valence-corrected chi connectivity index (χ4v) is 5.99. The zero-order valence-corrected chi connectivity index (χ0v) is 27.2. The lowest BCUT2D eigenvalue weighted by molar-refractivity contribution is 0.0947. The predicted octanol–water partition coefficient (Wildman–Crippen LogP) is 5.31. The molecule has 5 aromatic rings. The van der Waals surface area contributed by atoms with Crippen LogP contribution in [-0.2, 0) is 13.1 Å². The Bertz CT molecular complexity index is 1890. The Morgan fingerprint density at radius 1 is 0.958 bits per heavy atom. The average molecular weight is 655 g/mol. The monoisotopic (exact) mass is 654 g/mol. The summed E-state index contributed by atoms with van der Waals surface area (Å²) in [5, 5.41) is 16.1. The smallest absolute Gasteiger partial charge is 0.255 e. The third-order valence-electron chi connectivity index (χ3n) is 8.72. The van der Waals surface area contributed by atoms with E-state index in [-0.39, 0.29) is 18.7 Å². The van der Waals surface area contributed by atoms with Gasteiger partial charge < -0.3 is 34.9 Å². The fraction of sp³-hybridized carbons (Fsp3) is 0.306. The van der Waals surface area contributed by atoms with Gasteiger partial charge in [0.2, 0.25) is 5.95 Å². The first-order valence-electron chi connectivity index (χ1n) is 15.8. The van der Waals surface area contributed by atoms with E-state index in [1.165, 1.54) is 19.2 Å². The van der Waals surface area contributed by atoms with Crippen molar-refractivity contribution < 1.29 is 28.5 Å². The highest BCUT2D eigenvalue weighted by Gasteiger charge is 2.25. The number of hydrogen-bond acceptors (Lipinski definition) is 9. The minimum absolute atomic E-state index is 0.133. The van der Waals surface area contributed by atoms with E-state index in [2.05, 4.69) is 19.9 Å². The van der Waals surface area contributed by atoms with Crippen molar-refractivity contribution in [3.8, 4) is 28.5 Å². The van der Waals surface area contributed by atoms with Crippen LogP contribution in [-0.4, -0.2) is 66.4 Å². The molecule has 3 heterocycles. The van der Waals surface area contributed by atoms with E-state index >= 15 is 0 Å². The Hall–Kier alpha value is -5.36. The summed E-state index contributed by atoms with van der Waals surface area (Å²) in [6, 6.07) is 17.4. The van der Waals surface area contributed by atoms with Crippen molar-refractivity contribution in [1.82, 2.24) is 19.7 Å². The molecule has 0 unspecified atom stereocenters. The first-order chi connectivity index (χ1) is 23.4. The molecule has 11 nitrogen and oxygen atoms in total. The van der Waals surface area contributed by atoms with E-state index in [9.17, 15) is 14.3 Å². The van der Waals surface area contributed by atoms with Crippen LogP contribution in [0.5, 0.6) is 17.2 Å². The normalized spacial score (nSPS) is 13.4. The summed E-state index contributed by atoms with van der Waals surface area (Å²) in [4.78, 5) is 25.0. The number of piperidine rings is 1. The van der Waals surface area contributed by atoms with Crippen molar-refractivity contribution in [1.29, 1.82) is 0 Å². The average Bonchev–Trinajstić information content (AvgIpc) is 3.53. The number of aliphatic hydroxyl groups is 1. The van der Waals surface area contributed by atoms with E-state index in [0.29, 0.717) is 35.5 Å². The van der Waals surface area contributed by atoms with E-state index in [4.69, 9.17) is 24.2 Å². The van der Waals surface area contributed by atoms with Crippen LogP contribution >= 0.6 is 0 Å². The number of benzene rings is 3. The summed E-state index contributed by atoms with van der Waals surface area (Å²) < 4.78 is 32.1. The largest absolute Gasteiger partial charge is 0.497 e. The van der Waals surface area contributed by atoms with Crippen LogP contribution in [0.4, 0.5) is 16.2 Å². The Labute approximate surface area is 278 Å². The van der Waals surface area contributed by atoms with Crippen LogP contribution in [0.15, 0.2) is 73.1 Å². The minimum atomic E-state index is -0.513. The highest BCUT2D eigenvalue weighted by Crippen LogP contribution is 2.35. The van der Waals surface area contributed by atoms with Gasteiger partial charge in [0.1, 0.15) is 34.3 Å². The molecule has 1 aliphatic heterocycles. The van der Waals surface area contributed by atoms with Gasteiger partial charge in [0.05, 0.1) is 26.9 Å². The maximum Gasteiger partial charge on any atom is 0.255 e. The Morgan fingerprint density at radius 2 is 1.73 bits per heavy atom. The van der Waals surface area contributed by atoms with Crippen LogP contribution in [0.25, 0.3) is 16.8 Å². The number of methoxy groups -OCH3 is 3. The second-order valence-electron chi connectivity index (χ2n) is 11.6.